The van der Waals surface area contributed by atoms with E-state index in [0.29, 0.717) is 19.5 Å². The van der Waals surface area contributed by atoms with Gasteiger partial charge in [0.05, 0.1) is 0 Å². The molecule has 2 rings (SSSR count). The van der Waals surface area contributed by atoms with Crippen LogP contribution in [-0.4, -0.2) is 18.8 Å². The summed E-state index contributed by atoms with van der Waals surface area (Å²) in [5, 5.41) is 2.87. The van der Waals surface area contributed by atoms with E-state index in [2.05, 4.69) is 5.32 Å². The highest BCUT2D eigenvalue weighted by Crippen LogP contribution is 2.22. The standard InChI is InChI=1S/C10H11F2N.ClH/c11-9-3-1-2-8(4-9)5-10(12)6-13-7-10;/h1-4,13H,5-7H2;1H. The summed E-state index contributed by atoms with van der Waals surface area (Å²) in [5.41, 5.74) is -0.433. The van der Waals surface area contributed by atoms with E-state index in [-0.39, 0.29) is 18.2 Å². The van der Waals surface area contributed by atoms with Crippen molar-refractivity contribution in [2.75, 3.05) is 13.1 Å². The average Bonchev–Trinajstić information content (AvgIpc) is 2.01. The van der Waals surface area contributed by atoms with Crippen LogP contribution in [0.4, 0.5) is 8.78 Å². The lowest BCUT2D eigenvalue weighted by Crippen LogP contribution is -2.57. The Morgan fingerprint density at radius 1 is 1.36 bits per heavy atom. The minimum absolute atomic E-state index is 0. The zero-order chi connectivity index (χ0) is 9.31. The van der Waals surface area contributed by atoms with Crippen molar-refractivity contribution < 1.29 is 8.78 Å². The molecule has 1 N–H and O–H groups in total. The van der Waals surface area contributed by atoms with Crippen molar-refractivity contribution in [3.8, 4) is 0 Å². The summed E-state index contributed by atoms with van der Waals surface area (Å²) in [4.78, 5) is 0. The molecule has 0 spiro atoms. The SMILES string of the molecule is Cl.Fc1cccc(CC2(F)CNC2)c1. The van der Waals surface area contributed by atoms with Gasteiger partial charge in [-0.1, -0.05) is 12.1 Å². The van der Waals surface area contributed by atoms with Gasteiger partial charge in [0.1, 0.15) is 11.5 Å². The predicted octanol–water partition coefficient (Wildman–Crippen LogP) is 2.10. The lowest BCUT2D eigenvalue weighted by atomic mass is 9.91. The number of rotatable bonds is 2. The third kappa shape index (κ3) is 2.42. The quantitative estimate of drug-likeness (QED) is 0.804. The van der Waals surface area contributed by atoms with Crippen molar-refractivity contribution in [1.82, 2.24) is 5.32 Å². The van der Waals surface area contributed by atoms with Crippen LogP contribution >= 0.6 is 12.4 Å². The normalized spacial score (nSPS) is 18.1. The minimum atomic E-state index is -1.16. The van der Waals surface area contributed by atoms with E-state index < -0.39 is 5.67 Å². The fourth-order valence-electron chi connectivity index (χ4n) is 1.53. The van der Waals surface area contributed by atoms with Gasteiger partial charge in [0.15, 0.2) is 0 Å². The summed E-state index contributed by atoms with van der Waals surface area (Å²) in [6.07, 6.45) is 0.303. The average molecular weight is 220 g/mol. The molecule has 14 heavy (non-hydrogen) atoms. The summed E-state index contributed by atoms with van der Waals surface area (Å²) >= 11 is 0. The summed E-state index contributed by atoms with van der Waals surface area (Å²) in [6, 6.07) is 6.12. The van der Waals surface area contributed by atoms with Gasteiger partial charge in [-0.3, -0.25) is 0 Å². The molecule has 1 aromatic carbocycles. The molecule has 1 nitrogen and oxygen atoms in total. The molecule has 0 saturated carbocycles. The molecule has 4 heteroatoms. The van der Waals surface area contributed by atoms with Crippen LogP contribution in [-0.2, 0) is 6.42 Å². The lowest BCUT2D eigenvalue weighted by Gasteiger charge is -2.35. The van der Waals surface area contributed by atoms with Gasteiger partial charge in [0, 0.05) is 19.5 Å². The number of nitrogens with one attached hydrogen (secondary N) is 1. The fraction of sp³-hybridized carbons (Fsp3) is 0.400. The van der Waals surface area contributed by atoms with Crippen LogP contribution in [0.2, 0.25) is 0 Å². The Labute approximate surface area is 87.9 Å². The maximum Gasteiger partial charge on any atom is 0.139 e. The molecule has 78 valence electrons. The monoisotopic (exact) mass is 219 g/mol. The molecule has 1 fully saturated rings. The van der Waals surface area contributed by atoms with E-state index >= 15 is 0 Å². The molecule has 0 aromatic heterocycles. The highest BCUT2D eigenvalue weighted by molar-refractivity contribution is 5.85. The third-order valence-electron chi connectivity index (χ3n) is 2.29. The van der Waals surface area contributed by atoms with Gasteiger partial charge in [-0.25, -0.2) is 8.78 Å². The zero-order valence-corrected chi connectivity index (χ0v) is 8.41. The van der Waals surface area contributed by atoms with E-state index in [0.717, 1.165) is 5.56 Å². The molecule has 0 aliphatic carbocycles. The number of alkyl halides is 1. The topological polar surface area (TPSA) is 12.0 Å². The van der Waals surface area contributed by atoms with Gasteiger partial charge in [-0.05, 0) is 17.7 Å². The highest BCUT2D eigenvalue weighted by Gasteiger charge is 2.36. The second-order valence-corrected chi connectivity index (χ2v) is 3.56. The van der Waals surface area contributed by atoms with Gasteiger partial charge in [0.25, 0.3) is 0 Å². The Kier molecular flexibility index (Phi) is 3.45. The lowest BCUT2D eigenvalue weighted by molar-refractivity contribution is 0.0911. The van der Waals surface area contributed by atoms with Crippen molar-refractivity contribution in [3.05, 3.63) is 35.6 Å². The van der Waals surface area contributed by atoms with Crippen LogP contribution in [0.3, 0.4) is 0 Å². The van der Waals surface area contributed by atoms with Crippen molar-refractivity contribution in [2.24, 2.45) is 0 Å². The van der Waals surface area contributed by atoms with E-state index in [9.17, 15) is 8.78 Å². The van der Waals surface area contributed by atoms with Crippen molar-refractivity contribution in [3.63, 3.8) is 0 Å². The molecule has 0 amide bonds. The Hall–Kier alpha value is -0.670. The molecule has 1 aromatic rings. The summed E-state index contributed by atoms with van der Waals surface area (Å²) in [5.74, 6) is -0.298. The second kappa shape index (κ2) is 4.24. The molecular weight excluding hydrogens is 208 g/mol. The fourth-order valence-corrected chi connectivity index (χ4v) is 1.53. The van der Waals surface area contributed by atoms with Crippen LogP contribution in [0.5, 0.6) is 0 Å². The summed E-state index contributed by atoms with van der Waals surface area (Å²) in [6.45, 7) is 0.757. The molecule has 1 heterocycles. The van der Waals surface area contributed by atoms with E-state index in [1.54, 1.807) is 12.1 Å². The third-order valence-corrected chi connectivity index (χ3v) is 2.29. The minimum Gasteiger partial charge on any atom is -0.310 e. The first kappa shape index (κ1) is 11.4. The largest absolute Gasteiger partial charge is 0.310 e. The molecule has 0 radical (unpaired) electrons. The molecule has 0 bridgehead atoms. The van der Waals surface area contributed by atoms with Crippen LogP contribution in [0.1, 0.15) is 5.56 Å². The Balaban J connectivity index is 0.000000980. The van der Waals surface area contributed by atoms with Gasteiger partial charge < -0.3 is 5.32 Å². The van der Waals surface area contributed by atoms with Crippen LogP contribution in [0.15, 0.2) is 24.3 Å². The maximum atomic E-state index is 13.5. The first-order chi connectivity index (χ1) is 6.18. The molecule has 1 aliphatic heterocycles. The van der Waals surface area contributed by atoms with E-state index in [4.69, 9.17) is 0 Å². The number of benzene rings is 1. The van der Waals surface area contributed by atoms with Crippen LogP contribution < -0.4 is 5.32 Å². The predicted molar refractivity (Wildman–Crippen MR) is 54.1 cm³/mol. The van der Waals surface area contributed by atoms with Gasteiger partial charge in [-0.15, -0.1) is 12.4 Å². The summed E-state index contributed by atoms with van der Waals surface area (Å²) in [7, 11) is 0. The smallest absolute Gasteiger partial charge is 0.139 e. The zero-order valence-electron chi connectivity index (χ0n) is 7.59. The molecule has 0 unspecified atom stereocenters. The van der Waals surface area contributed by atoms with Gasteiger partial charge in [-0.2, -0.15) is 0 Å². The first-order valence-corrected chi connectivity index (χ1v) is 4.32. The number of hydrogen-bond donors (Lipinski definition) is 1. The van der Waals surface area contributed by atoms with Crippen molar-refractivity contribution in [1.29, 1.82) is 0 Å². The maximum absolute atomic E-state index is 13.5. The Morgan fingerprint density at radius 3 is 2.57 bits per heavy atom. The van der Waals surface area contributed by atoms with Gasteiger partial charge in [0.2, 0.25) is 0 Å². The second-order valence-electron chi connectivity index (χ2n) is 3.56. The van der Waals surface area contributed by atoms with Crippen molar-refractivity contribution >= 4 is 12.4 Å². The highest BCUT2D eigenvalue weighted by atomic mass is 35.5. The molecule has 1 aliphatic rings. The molecular formula is C10H12ClF2N. The first-order valence-electron chi connectivity index (χ1n) is 4.32. The Morgan fingerprint density at radius 2 is 2.07 bits per heavy atom. The summed E-state index contributed by atoms with van der Waals surface area (Å²) < 4.78 is 26.3. The van der Waals surface area contributed by atoms with Gasteiger partial charge >= 0.3 is 0 Å². The van der Waals surface area contributed by atoms with E-state index in [1.165, 1.54) is 12.1 Å². The van der Waals surface area contributed by atoms with Crippen LogP contribution in [0.25, 0.3) is 0 Å². The van der Waals surface area contributed by atoms with Crippen LogP contribution in [0, 0.1) is 5.82 Å². The van der Waals surface area contributed by atoms with Crippen molar-refractivity contribution in [2.45, 2.75) is 12.1 Å². The Bertz CT molecular complexity index is 313. The van der Waals surface area contributed by atoms with E-state index in [1.807, 2.05) is 0 Å². The number of hydrogen-bond acceptors (Lipinski definition) is 1. The number of halogens is 3. The molecule has 1 saturated heterocycles. The molecule has 0 atom stereocenters.